The smallest absolute Gasteiger partial charge is 0.124 e. The summed E-state index contributed by atoms with van der Waals surface area (Å²) in [5.74, 6) is 2.03. The highest BCUT2D eigenvalue weighted by molar-refractivity contribution is 7.98. The number of thiophene rings is 1. The summed E-state index contributed by atoms with van der Waals surface area (Å²) < 4.78 is 5.02. The summed E-state index contributed by atoms with van der Waals surface area (Å²) in [6.07, 6.45) is 0. The topological polar surface area (TPSA) is 17.8 Å². The van der Waals surface area contributed by atoms with Crippen LogP contribution in [0.4, 0.5) is 0 Å². The lowest BCUT2D eigenvalue weighted by Gasteiger charge is -2.20. The molecule has 0 saturated carbocycles. The molecular weight excluding hydrogens is 404 g/mol. The van der Waals surface area contributed by atoms with Gasteiger partial charge in [-0.25, -0.2) is 4.98 Å². The first-order valence-corrected chi connectivity index (χ1v) is 11.8. The number of thioether (sulfide) groups is 1. The van der Waals surface area contributed by atoms with Crippen molar-refractivity contribution in [3.63, 3.8) is 0 Å². The minimum absolute atomic E-state index is 0.900. The first-order valence-electron chi connectivity index (χ1n) is 10.0. The van der Waals surface area contributed by atoms with Gasteiger partial charge in [-0.05, 0) is 47.5 Å². The number of imidazole rings is 1. The summed E-state index contributed by atoms with van der Waals surface area (Å²) in [7, 11) is 0. The highest BCUT2D eigenvalue weighted by atomic mass is 32.2. The number of rotatable bonds is 1. The predicted octanol–water partition coefficient (Wildman–Crippen LogP) is 7.67. The number of nitrogens with zero attached hydrogens (tertiary/aromatic N) is 2. The molecule has 4 aromatic carbocycles. The van der Waals surface area contributed by atoms with Gasteiger partial charge in [0, 0.05) is 25.1 Å². The van der Waals surface area contributed by atoms with Gasteiger partial charge in [-0.15, -0.1) is 23.1 Å². The Kier molecular flexibility index (Phi) is 3.45. The molecule has 1 aliphatic rings. The van der Waals surface area contributed by atoms with Gasteiger partial charge in [0.05, 0.1) is 22.5 Å². The standard InChI is InChI=1S/C26H16N2S2/c1-4-10-22-18(6-1)26-17(7-5-11-23(26)30-22)16-12-13-21-24(14-16)29-15-25-27-19-8-2-3-9-20(19)28(21)25/h1-14H,15H2. The maximum atomic E-state index is 4.84. The van der Waals surface area contributed by atoms with Crippen LogP contribution in [0.3, 0.4) is 0 Å². The lowest BCUT2D eigenvalue weighted by molar-refractivity contribution is 0.946. The molecule has 0 bridgehead atoms. The van der Waals surface area contributed by atoms with Crippen LogP contribution in [-0.4, -0.2) is 9.55 Å². The maximum absolute atomic E-state index is 4.84. The molecule has 0 saturated heterocycles. The molecule has 0 fully saturated rings. The molecule has 0 aliphatic carbocycles. The van der Waals surface area contributed by atoms with E-state index in [4.69, 9.17) is 4.98 Å². The van der Waals surface area contributed by atoms with Crippen molar-refractivity contribution in [2.24, 2.45) is 0 Å². The minimum atomic E-state index is 0.900. The Hall–Kier alpha value is -3.08. The molecule has 1 aliphatic heterocycles. The zero-order chi connectivity index (χ0) is 19.7. The van der Waals surface area contributed by atoms with Crippen LogP contribution >= 0.6 is 23.1 Å². The van der Waals surface area contributed by atoms with Gasteiger partial charge < -0.3 is 0 Å². The molecule has 0 radical (unpaired) electrons. The fraction of sp³-hybridized carbons (Fsp3) is 0.0385. The van der Waals surface area contributed by atoms with Crippen LogP contribution in [0.5, 0.6) is 0 Å². The van der Waals surface area contributed by atoms with E-state index in [0.29, 0.717) is 0 Å². The van der Waals surface area contributed by atoms with Gasteiger partial charge in [0.15, 0.2) is 0 Å². The number of aromatic nitrogens is 2. The monoisotopic (exact) mass is 420 g/mol. The van der Waals surface area contributed by atoms with Gasteiger partial charge in [-0.3, -0.25) is 4.57 Å². The summed E-state index contributed by atoms with van der Waals surface area (Å²) >= 11 is 3.76. The molecule has 30 heavy (non-hydrogen) atoms. The van der Waals surface area contributed by atoms with Crippen molar-refractivity contribution >= 4 is 54.3 Å². The zero-order valence-corrected chi connectivity index (χ0v) is 17.6. The van der Waals surface area contributed by atoms with E-state index in [1.807, 2.05) is 23.1 Å². The third-order valence-corrected chi connectivity index (χ3v) is 8.08. The van der Waals surface area contributed by atoms with Gasteiger partial charge in [-0.2, -0.15) is 0 Å². The van der Waals surface area contributed by atoms with Gasteiger partial charge in [0.2, 0.25) is 0 Å². The molecule has 142 valence electrons. The highest BCUT2D eigenvalue weighted by Crippen LogP contribution is 2.43. The van der Waals surface area contributed by atoms with Crippen molar-refractivity contribution in [1.82, 2.24) is 9.55 Å². The molecule has 2 nitrogen and oxygen atoms in total. The lowest BCUT2D eigenvalue weighted by Crippen LogP contribution is -2.06. The zero-order valence-electron chi connectivity index (χ0n) is 16.0. The number of fused-ring (bicyclic) bond motifs is 8. The molecule has 0 N–H and O–H groups in total. The Labute approximate surface area is 181 Å². The second-order valence-corrected chi connectivity index (χ2v) is 9.70. The van der Waals surface area contributed by atoms with E-state index in [2.05, 4.69) is 89.5 Å². The molecule has 0 atom stereocenters. The van der Waals surface area contributed by atoms with Crippen molar-refractivity contribution < 1.29 is 0 Å². The number of para-hydroxylation sites is 2. The van der Waals surface area contributed by atoms with Crippen LogP contribution in [0.15, 0.2) is 89.8 Å². The molecule has 0 spiro atoms. The lowest BCUT2D eigenvalue weighted by atomic mass is 9.99. The normalized spacial score (nSPS) is 13.1. The molecule has 7 rings (SSSR count). The molecule has 3 heterocycles. The Balaban J connectivity index is 1.47. The Morgan fingerprint density at radius 1 is 0.800 bits per heavy atom. The first kappa shape index (κ1) is 16.7. The minimum Gasteiger partial charge on any atom is -0.294 e. The third-order valence-electron chi connectivity index (χ3n) is 5.90. The van der Waals surface area contributed by atoms with Gasteiger partial charge in [0.1, 0.15) is 5.82 Å². The molecule has 6 aromatic rings. The van der Waals surface area contributed by atoms with Crippen molar-refractivity contribution in [2.75, 3.05) is 0 Å². The van der Waals surface area contributed by atoms with Gasteiger partial charge in [0.25, 0.3) is 0 Å². The highest BCUT2D eigenvalue weighted by Gasteiger charge is 2.21. The van der Waals surface area contributed by atoms with Gasteiger partial charge in [-0.1, -0.05) is 48.5 Å². The Morgan fingerprint density at radius 3 is 2.67 bits per heavy atom. The SMILES string of the molecule is c1ccc2c(c1)nc1n2-c2ccc(-c3cccc4sc5ccccc5c34)cc2SC1. The fourth-order valence-electron chi connectivity index (χ4n) is 4.58. The second-order valence-electron chi connectivity index (χ2n) is 7.60. The van der Waals surface area contributed by atoms with Crippen LogP contribution in [0.25, 0.3) is 48.0 Å². The van der Waals surface area contributed by atoms with E-state index in [9.17, 15) is 0 Å². The average molecular weight is 421 g/mol. The largest absolute Gasteiger partial charge is 0.294 e. The van der Waals surface area contributed by atoms with Crippen LogP contribution in [0.2, 0.25) is 0 Å². The third kappa shape index (κ3) is 2.29. The maximum Gasteiger partial charge on any atom is 0.124 e. The first-order chi connectivity index (χ1) is 14.9. The number of hydrogen-bond donors (Lipinski definition) is 0. The van der Waals surface area contributed by atoms with Crippen LogP contribution in [0.1, 0.15) is 5.82 Å². The summed E-state index contributed by atoms with van der Waals surface area (Å²) in [4.78, 5) is 6.16. The van der Waals surface area contributed by atoms with Crippen molar-refractivity contribution in [1.29, 1.82) is 0 Å². The van der Waals surface area contributed by atoms with Crippen LogP contribution < -0.4 is 0 Å². The molecular formula is C26H16N2S2. The van der Waals surface area contributed by atoms with E-state index in [0.717, 1.165) is 17.1 Å². The summed E-state index contributed by atoms with van der Waals surface area (Å²) in [6, 6.07) is 30.7. The summed E-state index contributed by atoms with van der Waals surface area (Å²) in [6.45, 7) is 0. The van der Waals surface area contributed by atoms with Crippen LogP contribution in [-0.2, 0) is 5.75 Å². The summed E-state index contributed by atoms with van der Waals surface area (Å²) in [5.41, 5.74) is 6.09. The molecule has 4 heteroatoms. The predicted molar refractivity (Wildman–Crippen MR) is 129 cm³/mol. The number of benzene rings is 4. The van der Waals surface area contributed by atoms with Crippen LogP contribution in [0, 0.1) is 0 Å². The fourth-order valence-corrected chi connectivity index (χ4v) is 6.71. The van der Waals surface area contributed by atoms with E-state index >= 15 is 0 Å². The van der Waals surface area contributed by atoms with Crippen molar-refractivity contribution in [2.45, 2.75) is 10.6 Å². The Bertz CT molecular complexity index is 1610. The van der Waals surface area contributed by atoms with Crippen molar-refractivity contribution in [3.05, 3.63) is 90.8 Å². The average Bonchev–Trinajstić information content (AvgIpc) is 3.37. The summed E-state index contributed by atoms with van der Waals surface area (Å²) in [5, 5.41) is 2.72. The van der Waals surface area contributed by atoms with E-state index < -0.39 is 0 Å². The van der Waals surface area contributed by atoms with Gasteiger partial charge >= 0.3 is 0 Å². The van der Waals surface area contributed by atoms with E-state index in [1.54, 1.807) is 0 Å². The molecule has 0 amide bonds. The second kappa shape index (κ2) is 6.21. The van der Waals surface area contributed by atoms with E-state index in [1.165, 1.54) is 47.4 Å². The molecule has 0 unspecified atom stereocenters. The Morgan fingerprint density at radius 2 is 1.67 bits per heavy atom. The van der Waals surface area contributed by atoms with Crippen molar-refractivity contribution in [3.8, 4) is 16.8 Å². The quantitative estimate of drug-likeness (QED) is 0.272. The van der Waals surface area contributed by atoms with E-state index in [-0.39, 0.29) is 0 Å². The number of hydrogen-bond acceptors (Lipinski definition) is 3. The molecule has 2 aromatic heterocycles.